The predicted octanol–water partition coefficient (Wildman–Crippen LogP) is 3.84. The van der Waals surface area contributed by atoms with E-state index in [2.05, 4.69) is 10.0 Å². The van der Waals surface area contributed by atoms with Crippen LogP contribution < -0.4 is 14.8 Å². The molecule has 0 atom stereocenters. The van der Waals surface area contributed by atoms with Gasteiger partial charge in [-0.2, -0.15) is 0 Å². The fourth-order valence-electron chi connectivity index (χ4n) is 3.33. The summed E-state index contributed by atoms with van der Waals surface area (Å²) in [5.74, 6) is -0.398. The smallest absolute Gasteiger partial charge is 0.251 e. The number of carbonyl (C=O) groups is 1. The zero-order valence-corrected chi connectivity index (χ0v) is 17.1. The molecule has 1 fully saturated rings. The van der Waals surface area contributed by atoms with Gasteiger partial charge >= 0.3 is 0 Å². The average molecular weight is 421 g/mol. The van der Waals surface area contributed by atoms with Crippen molar-refractivity contribution in [1.82, 2.24) is 5.32 Å². The molecule has 2 N–H and O–H groups in total. The molecule has 0 unspecified atom stereocenters. The summed E-state index contributed by atoms with van der Waals surface area (Å²) >= 11 is 0. The summed E-state index contributed by atoms with van der Waals surface area (Å²) in [5, 5.41) is 2.76. The highest BCUT2D eigenvalue weighted by Gasteiger charge is 2.15. The fourth-order valence-corrected chi connectivity index (χ4v) is 3.89. The SMILES string of the molecule is CS(=O)(=O)Nc1cc(C(=O)NCc2cccc(OC3CCCCC3)c2)ccc1F. The topological polar surface area (TPSA) is 84.5 Å². The molecule has 6 nitrogen and oxygen atoms in total. The first-order valence-electron chi connectivity index (χ1n) is 9.61. The Kier molecular flexibility index (Phi) is 6.74. The number of amides is 1. The van der Waals surface area contributed by atoms with Crippen molar-refractivity contribution in [3.8, 4) is 5.75 Å². The van der Waals surface area contributed by atoms with Crippen LogP contribution in [0, 0.1) is 5.82 Å². The number of anilines is 1. The zero-order valence-electron chi connectivity index (χ0n) is 16.3. The summed E-state index contributed by atoms with van der Waals surface area (Å²) in [4.78, 5) is 12.4. The van der Waals surface area contributed by atoms with Gasteiger partial charge in [-0.15, -0.1) is 0 Å². The molecule has 1 aliphatic carbocycles. The maximum atomic E-state index is 13.8. The minimum Gasteiger partial charge on any atom is -0.490 e. The molecule has 0 aromatic heterocycles. The summed E-state index contributed by atoms with van der Waals surface area (Å²) in [7, 11) is -3.65. The Labute approximate surface area is 170 Å². The van der Waals surface area contributed by atoms with Gasteiger partial charge in [0, 0.05) is 12.1 Å². The second-order valence-electron chi connectivity index (χ2n) is 7.28. The Balaban J connectivity index is 1.62. The molecule has 0 saturated heterocycles. The number of rotatable bonds is 7. The standard InChI is InChI=1S/C21H25FN2O4S/c1-29(26,27)24-20-13-16(10-11-19(20)22)21(25)23-14-15-6-5-9-18(12-15)28-17-7-3-2-4-8-17/h5-6,9-13,17,24H,2-4,7-8,14H2,1H3,(H,23,25). The number of carbonyl (C=O) groups excluding carboxylic acids is 1. The van der Waals surface area contributed by atoms with Crippen molar-refractivity contribution < 1.29 is 22.3 Å². The zero-order chi connectivity index (χ0) is 20.9. The van der Waals surface area contributed by atoms with Gasteiger partial charge in [0.05, 0.1) is 18.0 Å². The van der Waals surface area contributed by atoms with Crippen molar-refractivity contribution >= 4 is 21.6 Å². The van der Waals surface area contributed by atoms with E-state index in [1.807, 2.05) is 24.3 Å². The summed E-state index contributed by atoms with van der Waals surface area (Å²) < 4.78 is 44.5. The van der Waals surface area contributed by atoms with Gasteiger partial charge < -0.3 is 10.1 Å². The average Bonchev–Trinajstić information content (AvgIpc) is 2.68. The van der Waals surface area contributed by atoms with Gasteiger partial charge in [0.15, 0.2) is 0 Å². The maximum absolute atomic E-state index is 13.8. The first-order valence-corrected chi connectivity index (χ1v) is 11.5. The van der Waals surface area contributed by atoms with Crippen LogP contribution in [0.1, 0.15) is 48.0 Å². The third kappa shape index (κ3) is 6.45. The second-order valence-corrected chi connectivity index (χ2v) is 9.03. The van der Waals surface area contributed by atoms with Gasteiger partial charge in [0.25, 0.3) is 5.91 Å². The van der Waals surface area contributed by atoms with E-state index in [0.29, 0.717) is 0 Å². The summed E-state index contributed by atoms with van der Waals surface area (Å²) in [5.41, 5.74) is 0.776. The van der Waals surface area contributed by atoms with Crippen LogP contribution in [0.2, 0.25) is 0 Å². The van der Waals surface area contributed by atoms with E-state index >= 15 is 0 Å². The van der Waals surface area contributed by atoms with Gasteiger partial charge in [-0.3, -0.25) is 9.52 Å². The van der Waals surface area contributed by atoms with Crippen molar-refractivity contribution in [2.45, 2.75) is 44.8 Å². The van der Waals surface area contributed by atoms with E-state index in [4.69, 9.17) is 4.74 Å². The van der Waals surface area contributed by atoms with Gasteiger partial charge in [0.2, 0.25) is 10.0 Å². The molecule has 2 aromatic rings. The summed E-state index contributed by atoms with van der Waals surface area (Å²) in [6.45, 7) is 0.271. The Bertz CT molecular complexity index is 972. The molecule has 156 valence electrons. The Morgan fingerprint density at radius 2 is 1.90 bits per heavy atom. The number of ether oxygens (including phenoxy) is 1. The van der Waals surface area contributed by atoms with Crippen LogP contribution in [-0.4, -0.2) is 26.7 Å². The highest BCUT2D eigenvalue weighted by atomic mass is 32.2. The third-order valence-electron chi connectivity index (χ3n) is 4.73. The van der Waals surface area contributed by atoms with E-state index in [0.717, 1.165) is 36.5 Å². The first kappa shape index (κ1) is 21.1. The van der Waals surface area contributed by atoms with Gasteiger partial charge in [0.1, 0.15) is 11.6 Å². The highest BCUT2D eigenvalue weighted by Crippen LogP contribution is 2.24. The normalized spacial score (nSPS) is 15.0. The molecule has 0 aliphatic heterocycles. The number of halogens is 1. The Hall–Kier alpha value is -2.61. The minimum absolute atomic E-state index is 0.159. The van der Waals surface area contributed by atoms with Crippen LogP contribution in [0.25, 0.3) is 0 Å². The lowest BCUT2D eigenvalue weighted by atomic mass is 9.98. The molecule has 0 heterocycles. The number of sulfonamides is 1. The molecular formula is C21H25FN2O4S. The van der Waals surface area contributed by atoms with E-state index in [1.54, 1.807) is 0 Å². The molecule has 0 spiro atoms. The molecule has 8 heteroatoms. The van der Waals surface area contributed by atoms with Gasteiger partial charge in [-0.05, 0) is 61.6 Å². The van der Waals surface area contributed by atoms with E-state index in [9.17, 15) is 17.6 Å². The Morgan fingerprint density at radius 3 is 2.62 bits per heavy atom. The summed E-state index contributed by atoms with van der Waals surface area (Å²) in [6, 6.07) is 11.1. The van der Waals surface area contributed by atoms with Crippen LogP contribution in [0.5, 0.6) is 5.75 Å². The third-order valence-corrected chi connectivity index (χ3v) is 5.32. The van der Waals surface area contributed by atoms with E-state index < -0.39 is 21.7 Å². The molecule has 0 radical (unpaired) electrons. The van der Waals surface area contributed by atoms with Crippen molar-refractivity contribution in [2.24, 2.45) is 0 Å². The molecule has 1 amide bonds. The lowest BCUT2D eigenvalue weighted by Gasteiger charge is -2.23. The molecular weight excluding hydrogens is 395 g/mol. The van der Waals surface area contributed by atoms with Gasteiger partial charge in [-0.1, -0.05) is 18.6 Å². The van der Waals surface area contributed by atoms with E-state index in [1.165, 1.54) is 31.4 Å². The van der Waals surface area contributed by atoms with Crippen LogP contribution >= 0.6 is 0 Å². The van der Waals surface area contributed by atoms with Crippen molar-refractivity contribution in [2.75, 3.05) is 11.0 Å². The monoisotopic (exact) mass is 420 g/mol. The molecule has 0 bridgehead atoms. The molecule has 29 heavy (non-hydrogen) atoms. The molecule has 1 saturated carbocycles. The van der Waals surface area contributed by atoms with Crippen LogP contribution in [0.15, 0.2) is 42.5 Å². The predicted molar refractivity (Wildman–Crippen MR) is 110 cm³/mol. The summed E-state index contributed by atoms with van der Waals surface area (Å²) in [6.07, 6.45) is 6.93. The quantitative estimate of drug-likeness (QED) is 0.713. The lowest BCUT2D eigenvalue weighted by Crippen LogP contribution is -2.23. The Morgan fingerprint density at radius 1 is 1.14 bits per heavy atom. The van der Waals surface area contributed by atoms with Crippen molar-refractivity contribution in [3.63, 3.8) is 0 Å². The van der Waals surface area contributed by atoms with Crippen molar-refractivity contribution in [3.05, 3.63) is 59.4 Å². The van der Waals surface area contributed by atoms with Crippen LogP contribution in [0.4, 0.5) is 10.1 Å². The van der Waals surface area contributed by atoms with Gasteiger partial charge in [-0.25, -0.2) is 12.8 Å². The first-order chi connectivity index (χ1) is 13.8. The number of hydrogen-bond donors (Lipinski definition) is 2. The maximum Gasteiger partial charge on any atom is 0.251 e. The minimum atomic E-state index is -3.65. The van der Waals surface area contributed by atoms with Crippen molar-refractivity contribution in [1.29, 1.82) is 0 Å². The van der Waals surface area contributed by atoms with Crippen LogP contribution in [-0.2, 0) is 16.6 Å². The lowest BCUT2D eigenvalue weighted by molar-refractivity contribution is 0.0950. The largest absolute Gasteiger partial charge is 0.490 e. The highest BCUT2D eigenvalue weighted by molar-refractivity contribution is 7.92. The van der Waals surface area contributed by atoms with Crippen LogP contribution in [0.3, 0.4) is 0 Å². The number of nitrogens with one attached hydrogen (secondary N) is 2. The fraction of sp³-hybridized carbons (Fsp3) is 0.381. The number of hydrogen-bond acceptors (Lipinski definition) is 4. The second kappa shape index (κ2) is 9.26. The molecule has 2 aromatic carbocycles. The number of benzene rings is 2. The molecule has 1 aliphatic rings. The molecule has 3 rings (SSSR count). The van der Waals surface area contributed by atoms with E-state index in [-0.39, 0.29) is 23.9 Å².